The number of imidazole rings is 1. The van der Waals surface area contributed by atoms with Crippen molar-refractivity contribution in [2.45, 2.75) is 45.3 Å². The van der Waals surface area contributed by atoms with E-state index < -0.39 is 5.60 Å². The van der Waals surface area contributed by atoms with E-state index in [0.717, 1.165) is 23.9 Å². The number of fused-ring (bicyclic) bond motifs is 2. The van der Waals surface area contributed by atoms with Gasteiger partial charge in [0.25, 0.3) is 0 Å². The summed E-state index contributed by atoms with van der Waals surface area (Å²) >= 11 is 0. The number of aromatic nitrogens is 6. The van der Waals surface area contributed by atoms with Crippen molar-refractivity contribution >= 4 is 22.8 Å². The standard InChI is InChI=1S/C22H25N7O3/c1-22(2,3)32-21(31)27-9-6-7-14(13-27)29-19-16(25-20(29)30)12-23-18(26-19)15-11-24-28-10-5-4-8-17(15)28/h4-5,8,10-12,14H,6-7,9,13H2,1-3H3,(H,25,30)/t14-/m0/s1. The predicted octanol–water partition coefficient (Wildman–Crippen LogP) is 3.01. The molecule has 1 amide bonds. The second-order valence-corrected chi connectivity index (χ2v) is 9.04. The molecule has 10 nitrogen and oxygen atoms in total. The third-order valence-corrected chi connectivity index (χ3v) is 5.54. The maximum absolute atomic E-state index is 12.8. The number of carbonyl (C=O) groups is 1. The second kappa shape index (κ2) is 7.47. The molecule has 5 heterocycles. The molecule has 1 aliphatic rings. The molecule has 1 aliphatic heterocycles. The lowest BCUT2D eigenvalue weighted by Gasteiger charge is -2.34. The Hall–Kier alpha value is -3.69. The van der Waals surface area contributed by atoms with Crippen LogP contribution in [0.3, 0.4) is 0 Å². The zero-order valence-electron chi connectivity index (χ0n) is 18.3. The first-order chi connectivity index (χ1) is 15.3. The van der Waals surface area contributed by atoms with Gasteiger partial charge in [0.2, 0.25) is 0 Å². The number of piperidine rings is 1. The molecule has 5 rings (SSSR count). The molecule has 10 heteroatoms. The quantitative estimate of drug-likeness (QED) is 0.518. The monoisotopic (exact) mass is 435 g/mol. The number of pyridine rings is 1. The van der Waals surface area contributed by atoms with Gasteiger partial charge in [-0.05, 0) is 45.7 Å². The maximum Gasteiger partial charge on any atom is 0.410 e. The highest BCUT2D eigenvalue weighted by atomic mass is 16.6. The molecule has 1 N–H and O–H groups in total. The van der Waals surface area contributed by atoms with Crippen molar-refractivity contribution in [1.82, 2.24) is 34.0 Å². The van der Waals surface area contributed by atoms with Crippen LogP contribution >= 0.6 is 0 Å². The Balaban J connectivity index is 1.51. The van der Waals surface area contributed by atoms with Crippen LogP contribution in [0.4, 0.5) is 4.79 Å². The van der Waals surface area contributed by atoms with Crippen LogP contribution in [0.1, 0.15) is 39.7 Å². The highest BCUT2D eigenvalue weighted by Crippen LogP contribution is 2.26. The normalized spacial score (nSPS) is 17.2. The van der Waals surface area contributed by atoms with Gasteiger partial charge in [-0.1, -0.05) is 6.07 Å². The Labute approximate surface area is 183 Å². The van der Waals surface area contributed by atoms with Gasteiger partial charge in [0.05, 0.1) is 29.5 Å². The fourth-order valence-corrected chi connectivity index (χ4v) is 4.15. The second-order valence-electron chi connectivity index (χ2n) is 9.04. The number of H-pyrrole nitrogens is 1. The van der Waals surface area contributed by atoms with Gasteiger partial charge in [0.15, 0.2) is 11.5 Å². The van der Waals surface area contributed by atoms with Gasteiger partial charge in [0.1, 0.15) is 11.1 Å². The highest BCUT2D eigenvalue weighted by Gasteiger charge is 2.30. The number of hydrogen-bond donors (Lipinski definition) is 1. The van der Waals surface area contributed by atoms with Crippen molar-refractivity contribution < 1.29 is 9.53 Å². The van der Waals surface area contributed by atoms with E-state index in [4.69, 9.17) is 9.72 Å². The number of aromatic amines is 1. The molecule has 0 bridgehead atoms. The topological polar surface area (TPSA) is 110 Å². The number of hydrogen-bond acceptors (Lipinski definition) is 6. The average molecular weight is 435 g/mol. The summed E-state index contributed by atoms with van der Waals surface area (Å²) in [6, 6.07) is 5.57. The van der Waals surface area contributed by atoms with Crippen molar-refractivity contribution in [1.29, 1.82) is 0 Å². The summed E-state index contributed by atoms with van der Waals surface area (Å²) in [7, 11) is 0. The zero-order chi connectivity index (χ0) is 22.5. The molecule has 4 aromatic heterocycles. The van der Waals surface area contributed by atoms with E-state index in [0.29, 0.717) is 30.1 Å². The Kier molecular flexibility index (Phi) is 4.72. The van der Waals surface area contributed by atoms with Crippen LogP contribution in [0.25, 0.3) is 28.1 Å². The smallest absolute Gasteiger partial charge is 0.410 e. The van der Waals surface area contributed by atoms with Gasteiger partial charge in [-0.3, -0.25) is 4.57 Å². The van der Waals surface area contributed by atoms with Crippen molar-refractivity contribution in [2.24, 2.45) is 0 Å². The van der Waals surface area contributed by atoms with Gasteiger partial charge in [-0.15, -0.1) is 0 Å². The Morgan fingerprint density at radius 1 is 1.25 bits per heavy atom. The molecule has 32 heavy (non-hydrogen) atoms. The van der Waals surface area contributed by atoms with Crippen molar-refractivity contribution in [3.8, 4) is 11.4 Å². The Morgan fingerprint density at radius 3 is 2.91 bits per heavy atom. The van der Waals surface area contributed by atoms with Crippen LogP contribution < -0.4 is 5.69 Å². The van der Waals surface area contributed by atoms with Crippen LogP contribution in [0.2, 0.25) is 0 Å². The number of amides is 1. The van der Waals surface area contributed by atoms with Gasteiger partial charge >= 0.3 is 11.8 Å². The fourth-order valence-electron chi connectivity index (χ4n) is 4.15. The summed E-state index contributed by atoms with van der Waals surface area (Å²) in [6.45, 7) is 6.52. The fraction of sp³-hybridized carbons (Fsp3) is 0.409. The largest absolute Gasteiger partial charge is 0.444 e. The van der Waals surface area contributed by atoms with E-state index in [1.807, 2.05) is 45.2 Å². The minimum atomic E-state index is -0.571. The lowest BCUT2D eigenvalue weighted by atomic mass is 10.1. The Morgan fingerprint density at radius 2 is 2.09 bits per heavy atom. The Bertz CT molecular complexity index is 1360. The number of carbonyl (C=O) groups excluding carboxylic acids is 1. The number of rotatable bonds is 2. The lowest BCUT2D eigenvalue weighted by molar-refractivity contribution is 0.0172. The predicted molar refractivity (Wildman–Crippen MR) is 118 cm³/mol. The zero-order valence-corrected chi connectivity index (χ0v) is 18.3. The minimum absolute atomic E-state index is 0.204. The molecular formula is C22H25N7O3. The summed E-state index contributed by atoms with van der Waals surface area (Å²) in [5.41, 5.74) is 1.91. The molecule has 0 unspecified atom stereocenters. The van der Waals surface area contributed by atoms with Crippen LogP contribution in [-0.2, 0) is 4.74 Å². The van der Waals surface area contributed by atoms with Crippen molar-refractivity contribution in [3.63, 3.8) is 0 Å². The van der Waals surface area contributed by atoms with Crippen LogP contribution in [0.5, 0.6) is 0 Å². The highest BCUT2D eigenvalue weighted by molar-refractivity contribution is 5.79. The van der Waals surface area contributed by atoms with Gasteiger partial charge in [0, 0.05) is 19.3 Å². The van der Waals surface area contributed by atoms with Crippen LogP contribution in [0.15, 0.2) is 41.6 Å². The molecule has 1 fully saturated rings. The van der Waals surface area contributed by atoms with Crippen LogP contribution in [-0.4, -0.2) is 58.8 Å². The summed E-state index contributed by atoms with van der Waals surface area (Å²) in [4.78, 5) is 39.1. The first-order valence-electron chi connectivity index (χ1n) is 10.7. The van der Waals surface area contributed by atoms with E-state index >= 15 is 0 Å². The van der Waals surface area contributed by atoms with E-state index in [1.165, 1.54) is 0 Å². The SMILES string of the molecule is CC(C)(C)OC(=O)N1CCC[C@H](n2c(=O)[nH]c3cnc(-c4cnn5ccccc45)nc32)C1. The molecule has 1 atom stereocenters. The molecule has 4 aromatic rings. The molecular weight excluding hydrogens is 410 g/mol. The third-order valence-electron chi connectivity index (χ3n) is 5.54. The number of likely N-dealkylation sites (tertiary alicyclic amines) is 1. The van der Waals surface area contributed by atoms with Gasteiger partial charge < -0.3 is 14.6 Å². The summed E-state index contributed by atoms with van der Waals surface area (Å²) in [6.07, 6.45) is 6.37. The first kappa shape index (κ1) is 20.2. The maximum atomic E-state index is 12.8. The number of nitrogens with zero attached hydrogens (tertiary/aromatic N) is 6. The first-order valence-corrected chi connectivity index (χ1v) is 10.7. The van der Waals surface area contributed by atoms with Crippen molar-refractivity contribution in [3.05, 3.63) is 47.3 Å². The van der Waals surface area contributed by atoms with E-state index in [2.05, 4.69) is 15.1 Å². The molecule has 0 radical (unpaired) electrons. The van der Waals surface area contributed by atoms with Crippen LogP contribution in [0, 0.1) is 0 Å². The lowest BCUT2D eigenvalue weighted by Crippen LogP contribution is -2.44. The van der Waals surface area contributed by atoms with Crippen molar-refractivity contribution in [2.75, 3.05) is 13.1 Å². The van der Waals surface area contributed by atoms with Gasteiger partial charge in [-0.2, -0.15) is 5.10 Å². The van der Waals surface area contributed by atoms with E-state index in [1.54, 1.807) is 26.4 Å². The average Bonchev–Trinajstić information content (AvgIpc) is 3.32. The summed E-state index contributed by atoms with van der Waals surface area (Å²) in [5, 5.41) is 4.35. The number of nitrogens with one attached hydrogen (secondary N) is 1. The molecule has 0 saturated carbocycles. The molecule has 166 valence electrons. The summed E-state index contributed by atoms with van der Waals surface area (Å²) in [5.74, 6) is 0.492. The molecule has 0 aliphatic carbocycles. The molecule has 0 aromatic carbocycles. The molecule has 0 spiro atoms. The minimum Gasteiger partial charge on any atom is -0.444 e. The summed E-state index contributed by atoms with van der Waals surface area (Å²) < 4.78 is 8.92. The van der Waals surface area contributed by atoms with E-state index in [-0.39, 0.29) is 17.8 Å². The van der Waals surface area contributed by atoms with Gasteiger partial charge in [-0.25, -0.2) is 24.1 Å². The van der Waals surface area contributed by atoms with E-state index in [9.17, 15) is 9.59 Å². The molecule has 1 saturated heterocycles. The number of ether oxygens (including phenoxy) is 1. The third kappa shape index (κ3) is 3.61.